The highest BCUT2D eigenvalue weighted by Crippen LogP contribution is 2.30. The van der Waals surface area contributed by atoms with Crippen molar-refractivity contribution in [2.24, 2.45) is 0 Å². The van der Waals surface area contributed by atoms with Crippen molar-refractivity contribution >= 4 is 23.0 Å². The molecule has 20 heavy (non-hydrogen) atoms. The van der Waals surface area contributed by atoms with Crippen molar-refractivity contribution in [3.8, 4) is 12.1 Å². The highest BCUT2D eigenvalue weighted by Gasteiger charge is 2.13. The van der Waals surface area contributed by atoms with Crippen LogP contribution in [-0.4, -0.2) is 13.1 Å². The Morgan fingerprint density at radius 2 is 1.90 bits per heavy atom. The van der Waals surface area contributed by atoms with Crippen LogP contribution in [0.3, 0.4) is 0 Å². The molecule has 0 bridgehead atoms. The first-order valence-electron chi connectivity index (χ1n) is 6.56. The van der Waals surface area contributed by atoms with Crippen LogP contribution >= 0.6 is 11.6 Å². The molecule has 1 fully saturated rings. The summed E-state index contributed by atoms with van der Waals surface area (Å²) in [6, 6.07) is 9.28. The first-order chi connectivity index (χ1) is 9.74. The molecule has 2 rings (SSSR count). The third kappa shape index (κ3) is 3.44. The molecule has 1 saturated heterocycles. The fourth-order valence-electron chi connectivity index (χ4n) is 2.23. The van der Waals surface area contributed by atoms with E-state index in [4.69, 9.17) is 22.1 Å². The van der Waals surface area contributed by atoms with Crippen LogP contribution in [0.5, 0.6) is 0 Å². The Kier molecular flexibility index (Phi) is 4.87. The predicted molar refractivity (Wildman–Crippen MR) is 80.4 cm³/mol. The van der Waals surface area contributed by atoms with Gasteiger partial charge >= 0.3 is 0 Å². The number of piperidine rings is 1. The summed E-state index contributed by atoms with van der Waals surface area (Å²) in [5.41, 5.74) is 1.83. The molecule has 0 spiro atoms. The quantitative estimate of drug-likeness (QED) is 0.861. The number of anilines is 2. The topological polar surface area (TPSA) is 62.9 Å². The molecule has 1 aliphatic rings. The minimum atomic E-state index is 0.0289. The molecule has 0 unspecified atom stereocenters. The van der Waals surface area contributed by atoms with Crippen molar-refractivity contribution in [3.05, 3.63) is 35.0 Å². The number of hydrogen-bond donors (Lipinski definition) is 1. The molecule has 0 amide bonds. The summed E-state index contributed by atoms with van der Waals surface area (Å²) in [7, 11) is 0. The fraction of sp³-hybridized carbons (Fsp3) is 0.333. The lowest BCUT2D eigenvalue weighted by Gasteiger charge is -2.29. The molecule has 0 saturated carbocycles. The van der Waals surface area contributed by atoms with E-state index in [2.05, 4.69) is 10.2 Å². The van der Waals surface area contributed by atoms with E-state index in [9.17, 15) is 0 Å². The average Bonchev–Trinajstić information content (AvgIpc) is 2.49. The van der Waals surface area contributed by atoms with Crippen molar-refractivity contribution in [2.45, 2.75) is 19.3 Å². The molecule has 1 aliphatic heterocycles. The zero-order valence-corrected chi connectivity index (χ0v) is 11.8. The van der Waals surface area contributed by atoms with E-state index < -0.39 is 0 Å². The zero-order chi connectivity index (χ0) is 14.4. The van der Waals surface area contributed by atoms with Crippen LogP contribution in [0.1, 0.15) is 19.3 Å². The van der Waals surface area contributed by atoms with E-state index in [1.807, 2.05) is 18.2 Å². The Labute approximate surface area is 123 Å². The normalized spacial score (nSPS) is 14.1. The Morgan fingerprint density at radius 1 is 1.20 bits per heavy atom. The summed E-state index contributed by atoms with van der Waals surface area (Å²) in [5, 5.41) is 20.9. The van der Waals surface area contributed by atoms with Gasteiger partial charge in [0.05, 0.1) is 10.7 Å². The zero-order valence-electron chi connectivity index (χ0n) is 11.1. The van der Waals surface area contributed by atoms with E-state index in [-0.39, 0.29) is 5.57 Å². The maximum absolute atomic E-state index is 8.66. The van der Waals surface area contributed by atoms with E-state index in [1.165, 1.54) is 25.5 Å². The van der Waals surface area contributed by atoms with E-state index in [0.717, 1.165) is 24.5 Å². The second kappa shape index (κ2) is 6.84. The van der Waals surface area contributed by atoms with Crippen LogP contribution < -0.4 is 10.2 Å². The second-order valence-corrected chi connectivity index (χ2v) is 5.05. The van der Waals surface area contributed by atoms with Gasteiger partial charge in [0.2, 0.25) is 0 Å². The van der Waals surface area contributed by atoms with Gasteiger partial charge in [-0.05, 0) is 37.5 Å². The highest BCUT2D eigenvalue weighted by atomic mass is 35.5. The van der Waals surface area contributed by atoms with Gasteiger partial charge in [-0.3, -0.25) is 0 Å². The van der Waals surface area contributed by atoms with Crippen LogP contribution in [0.4, 0.5) is 11.4 Å². The van der Waals surface area contributed by atoms with Crippen molar-refractivity contribution in [3.63, 3.8) is 0 Å². The van der Waals surface area contributed by atoms with Gasteiger partial charge in [-0.15, -0.1) is 0 Å². The van der Waals surface area contributed by atoms with Crippen molar-refractivity contribution in [2.75, 3.05) is 23.3 Å². The maximum atomic E-state index is 8.66. The Balaban J connectivity index is 2.12. The van der Waals surface area contributed by atoms with Gasteiger partial charge in [0.1, 0.15) is 17.7 Å². The standard InChI is InChI=1S/C15H15ClN4/c16-14-8-13(19-11-12(9-17)10-18)4-5-15(14)20-6-2-1-3-7-20/h4-5,8,11,19H,1-3,6-7H2. The number of allylic oxidation sites excluding steroid dienone is 1. The van der Waals surface area contributed by atoms with E-state index >= 15 is 0 Å². The van der Waals surface area contributed by atoms with Gasteiger partial charge in [-0.1, -0.05) is 11.6 Å². The number of nitrogens with one attached hydrogen (secondary N) is 1. The number of nitrogens with zero attached hydrogens (tertiary/aromatic N) is 3. The van der Waals surface area contributed by atoms with Gasteiger partial charge in [-0.25, -0.2) is 0 Å². The van der Waals surface area contributed by atoms with Crippen molar-refractivity contribution in [1.82, 2.24) is 0 Å². The minimum Gasteiger partial charge on any atom is -0.370 e. The van der Waals surface area contributed by atoms with Crippen LogP contribution in [0.15, 0.2) is 30.0 Å². The molecule has 5 heteroatoms. The SMILES string of the molecule is N#CC(C#N)=CNc1ccc(N2CCCCC2)c(Cl)c1. The molecule has 1 heterocycles. The largest absolute Gasteiger partial charge is 0.370 e. The van der Waals surface area contributed by atoms with Gasteiger partial charge in [-0.2, -0.15) is 10.5 Å². The third-order valence-corrected chi connectivity index (χ3v) is 3.57. The fourth-order valence-corrected chi connectivity index (χ4v) is 2.53. The molecule has 1 N–H and O–H groups in total. The lowest BCUT2D eigenvalue weighted by molar-refractivity contribution is 0.578. The minimum absolute atomic E-state index is 0.0289. The van der Waals surface area contributed by atoms with E-state index in [0.29, 0.717) is 5.02 Å². The Hall–Kier alpha value is -2.17. The number of nitriles is 2. The molecule has 0 atom stereocenters. The maximum Gasteiger partial charge on any atom is 0.145 e. The van der Waals surface area contributed by atoms with Crippen molar-refractivity contribution in [1.29, 1.82) is 10.5 Å². The summed E-state index contributed by atoms with van der Waals surface area (Å²) in [6.07, 6.45) is 5.06. The predicted octanol–water partition coefficient (Wildman–Crippen LogP) is 3.67. The molecule has 0 radical (unpaired) electrons. The Morgan fingerprint density at radius 3 is 2.50 bits per heavy atom. The Bertz CT molecular complexity index is 573. The number of benzene rings is 1. The molecular formula is C15H15ClN4. The van der Waals surface area contributed by atoms with Gasteiger partial charge in [0.25, 0.3) is 0 Å². The summed E-state index contributed by atoms with van der Waals surface area (Å²) < 4.78 is 0. The smallest absolute Gasteiger partial charge is 0.145 e. The monoisotopic (exact) mass is 286 g/mol. The first-order valence-corrected chi connectivity index (χ1v) is 6.94. The summed E-state index contributed by atoms with van der Waals surface area (Å²) >= 11 is 6.31. The van der Waals surface area contributed by atoms with Gasteiger partial charge in [0, 0.05) is 25.0 Å². The third-order valence-electron chi connectivity index (χ3n) is 3.27. The number of halogens is 1. The lowest BCUT2D eigenvalue weighted by atomic mass is 10.1. The van der Waals surface area contributed by atoms with Gasteiger partial charge < -0.3 is 10.2 Å². The molecular weight excluding hydrogens is 272 g/mol. The van der Waals surface area contributed by atoms with Crippen LogP contribution in [0.25, 0.3) is 0 Å². The van der Waals surface area contributed by atoms with Crippen LogP contribution in [0.2, 0.25) is 5.02 Å². The number of hydrogen-bond acceptors (Lipinski definition) is 4. The summed E-state index contributed by atoms with van der Waals surface area (Å²) in [5.74, 6) is 0. The molecule has 1 aromatic rings. The molecule has 1 aromatic carbocycles. The highest BCUT2D eigenvalue weighted by molar-refractivity contribution is 6.33. The first kappa shape index (κ1) is 14.2. The number of rotatable bonds is 3. The van der Waals surface area contributed by atoms with Gasteiger partial charge in [0.15, 0.2) is 0 Å². The van der Waals surface area contributed by atoms with E-state index in [1.54, 1.807) is 12.1 Å². The second-order valence-electron chi connectivity index (χ2n) is 4.64. The van der Waals surface area contributed by atoms with Crippen LogP contribution in [0, 0.1) is 22.7 Å². The summed E-state index contributed by atoms with van der Waals surface area (Å²) in [6.45, 7) is 2.08. The lowest BCUT2D eigenvalue weighted by Crippen LogP contribution is -2.29. The van der Waals surface area contributed by atoms with Crippen molar-refractivity contribution < 1.29 is 0 Å². The summed E-state index contributed by atoms with van der Waals surface area (Å²) in [4.78, 5) is 2.29. The van der Waals surface area contributed by atoms with Crippen LogP contribution in [-0.2, 0) is 0 Å². The molecule has 0 aliphatic carbocycles. The average molecular weight is 287 g/mol. The molecule has 102 valence electrons. The molecule has 4 nitrogen and oxygen atoms in total. The molecule has 0 aromatic heterocycles.